The summed E-state index contributed by atoms with van der Waals surface area (Å²) in [7, 11) is 1.24. The van der Waals surface area contributed by atoms with E-state index >= 15 is 0 Å². The Morgan fingerprint density at radius 2 is 1.90 bits per heavy atom. The molecule has 0 N–H and O–H groups in total. The minimum Gasteiger partial charge on any atom is -0.465 e. The van der Waals surface area contributed by atoms with Gasteiger partial charge in [-0.1, -0.05) is 17.3 Å². The number of carbonyl (C=O) groups excluding carboxylic acids is 2. The molecule has 152 valence electrons. The Kier molecular flexibility index (Phi) is 5.73. The van der Waals surface area contributed by atoms with Crippen LogP contribution in [-0.4, -0.2) is 30.7 Å². The van der Waals surface area contributed by atoms with Crippen molar-refractivity contribution in [2.24, 2.45) is 0 Å². The van der Waals surface area contributed by atoms with E-state index < -0.39 is 23.6 Å². The lowest BCUT2D eigenvalue weighted by atomic mass is 10.1. The molecule has 0 spiro atoms. The van der Waals surface area contributed by atoms with Gasteiger partial charge in [-0.15, -0.1) is 11.3 Å². The van der Waals surface area contributed by atoms with Crippen LogP contribution in [0.3, 0.4) is 0 Å². The van der Waals surface area contributed by atoms with Gasteiger partial charge >= 0.3 is 12.1 Å². The Morgan fingerprint density at radius 3 is 2.55 bits per heavy atom. The van der Waals surface area contributed by atoms with Crippen molar-refractivity contribution in [2.45, 2.75) is 13.1 Å². The van der Waals surface area contributed by atoms with E-state index in [9.17, 15) is 22.8 Å². The second kappa shape index (κ2) is 8.08. The van der Waals surface area contributed by atoms with Crippen LogP contribution in [-0.2, 0) is 10.9 Å². The summed E-state index contributed by atoms with van der Waals surface area (Å²) >= 11 is 0.971. The lowest BCUT2D eigenvalue weighted by molar-refractivity contribution is -0.137. The molecule has 1 aromatic carbocycles. The maximum atomic E-state index is 12.9. The molecule has 29 heavy (non-hydrogen) atoms. The number of hydrogen-bond donors (Lipinski definition) is 0. The van der Waals surface area contributed by atoms with E-state index in [0.717, 1.165) is 23.5 Å². The second-order valence-electron chi connectivity index (χ2n) is 5.83. The summed E-state index contributed by atoms with van der Waals surface area (Å²) in [6.45, 7) is 1.95. The van der Waals surface area contributed by atoms with E-state index in [1.54, 1.807) is 6.92 Å². The van der Waals surface area contributed by atoms with Crippen LogP contribution >= 0.6 is 11.3 Å². The smallest absolute Gasteiger partial charge is 0.416 e. The number of methoxy groups -OCH3 is 1. The first-order chi connectivity index (χ1) is 13.7. The van der Waals surface area contributed by atoms with Crippen molar-refractivity contribution in [3.8, 4) is 11.3 Å². The Bertz CT molecular complexity index is 1040. The first-order valence-electron chi connectivity index (χ1n) is 8.39. The number of alkyl halides is 3. The molecule has 10 heteroatoms. The molecule has 0 saturated heterocycles. The summed E-state index contributed by atoms with van der Waals surface area (Å²) in [6.07, 6.45) is -4.49. The molecule has 0 aliphatic carbocycles. The molecule has 0 fully saturated rings. The minimum absolute atomic E-state index is 0.0961. The molecule has 0 aliphatic heterocycles. The second-order valence-corrected chi connectivity index (χ2v) is 6.92. The zero-order valence-corrected chi connectivity index (χ0v) is 16.1. The third-order valence-electron chi connectivity index (χ3n) is 4.01. The summed E-state index contributed by atoms with van der Waals surface area (Å²) in [6, 6.07) is 9.00. The van der Waals surface area contributed by atoms with Gasteiger partial charge in [-0.25, -0.2) is 4.79 Å². The molecular formula is C19H15F3N2O4S. The molecule has 0 atom stereocenters. The van der Waals surface area contributed by atoms with Gasteiger partial charge in [0.1, 0.15) is 4.88 Å². The standard InChI is InChI=1S/C19H15F3N2O4S/c1-3-24(17(25)14-7-8-15(29-14)18(26)27-2)16-10-13(28-23-16)11-5-4-6-12(9-11)19(20,21)22/h4-10H,3H2,1-2H3. The predicted octanol–water partition coefficient (Wildman–Crippen LogP) is 4.88. The maximum Gasteiger partial charge on any atom is 0.416 e. The molecule has 0 radical (unpaired) electrons. The van der Waals surface area contributed by atoms with E-state index in [0.29, 0.717) is 0 Å². The summed E-state index contributed by atoms with van der Waals surface area (Å²) in [5.74, 6) is -0.723. The number of amides is 1. The number of thiophene rings is 1. The first kappa shape index (κ1) is 20.6. The van der Waals surface area contributed by atoms with Gasteiger partial charge in [-0.3, -0.25) is 9.69 Å². The molecule has 6 nitrogen and oxygen atoms in total. The van der Waals surface area contributed by atoms with Crippen molar-refractivity contribution in [1.29, 1.82) is 0 Å². The van der Waals surface area contributed by atoms with Gasteiger partial charge in [-0.05, 0) is 31.2 Å². The monoisotopic (exact) mass is 424 g/mol. The van der Waals surface area contributed by atoms with Crippen LogP contribution in [0.1, 0.15) is 31.8 Å². The zero-order valence-electron chi connectivity index (χ0n) is 15.3. The van der Waals surface area contributed by atoms with E-state index in [2.05, 4.69) is 9.89 Å². The van der Waals surface area contributed by atoms with Gasteiger partial charge in [0.05, 0.1) is 17.6 Å². The Hall–Kier alpha value is -3.14. The Labute approximate surface area is 167 Å². The molecule has 3 rings (SSSR count). The number of ether oxygens (including phenoxy) is 1. The van der Waals surface area contributed by atoms with Gasteiger partial charge < -0.3 is 9.26 Å². The van der Waals surface area contributed by atoms with E-state index in [1.165, 1.54) is 42.3 Å². The third kappa shape index (κ3) is 4.32. The lowest BCUT2D eigenvalue weighted by Gasteiger charge is -2.16. The summed E-state index contributed by atoms with van der Waals surface area (Å²) in [5, 5.41) is 3.82. The van der Waals surface area contributed by atoms with E-state index in [1.807, 2.05) is 0 Å². The SMILES string of the molecule is CCN(C(=O)c1ccc(C(=O)OC)s1)c1cc(-c2cccc(C(F)(F)F)c2)on1. The number of aromatic nitrogens is 1. The molecule has 1 amide bonds. The highest BCUT2D eigenvalue weighted by Crippen LogP contribution is 2.33. The van der Waals surface area contributed by atoms with Crippen molar-refractivity contribution >= 4 is 29.0 Å². The minimum atomic E-state index is -4.49. The highest BCUT2D eigenvalue weighted by molar-refractivity contribution is 7.16. The van der Waals surface area contributed by atoms with Gasteiger partial charge in [0.25, 0.3) is 5.91 Å². The fourth-order valence-electron chi connectivity index (χ4n) is 2.58. The number of nitrogens with zero attached hydrogens (tertiary/aromatic N) is 2. The van der Waals surface area contributed by atoms with Crippen LogP contribution in [0.2, 0.25) is 0 Å². The molecule has 2 heterocycles. The van der Waals surface area contributed by atoms with E-state index in [-0.39, 0.29) is 33.4 Å². The topological polar surface area (TPSA) is 72.6 Å². The van der Waals surface area contributed by atoms with Crippen molar-refractivity contribution in [1.82, 2.24) is 5.16 Å². The van der Waals surface area contributed by atoms with Crippen LogP contribution in [0.5, 0.6) is 0 Å². The van der Waals surface area contributed by atoms with Gasteiger partial charge in [0.15, 0.2) is 11.6 Å². The van der Waals surface area contributed by atoms with Crippen LogP contribution in [0.25, 0.3) is 11.3 Å². The van der Waals surface area contributed by atoms with Crippen molar-refractivity contribution in [3.05, 3.63) is 57.8 Å². The van der Waals surface area contributed by atoms with Crippen LogP contribution < -0.4 is 4.90 Å². The van der Waals surface area contributed by atoms with Crippen molar-refractivity contribution in [2.75, 3.05) is 18.6 Å². The summed E-state index contributed by atoms with van der Waals surface area (Å²) in [5.41, 5.74) is -0.628. The molecule has 0 bridgehead atoms. The zero-order chi connectivity index (χ0) is 21.2. The largest absolute Gasteiger partial charge is 0.465 e. The normalized spacial score (nSPS) is 11.3. The number of rotatable bonds is 5. The fourth-order valence-corrected chi connectivity index (χ4v) is 3.46. The molecule has 3 aromatic rings. The molecule has 0 aliphatic rings. The average molecular weight is 424 g/mol. The van der Waals surface area contributed by atoms with Gasteiger partial charge in [0, 0.05) is 18.2 Å². The molecule has 2 aromatic heterocycles. The number of carbonyl (C=O) groups is 2. The first-order valence-corrected chi connectivity index (χ1v) is 9.20. The van der Waals surface area contributed by atoms with E-state index in [4.69, 9.17) is 4.52 Å². The third-order valence-corrected chi connectivity index (χ3v) is 5.07. The highest BCUT2D eigenvalue weighted by Gasteiger charge is 2.31. The van der Waals surface area contributed by atoms with Crippen molar-refractivity contribution < 1.29 is 32.0 Å². The summed E-state index contributed by atoms with van der Waals surface area (Å²) in [4.78, 5) is 26.2. The quantitative estimate of drug-likeness (QED) is 0.546. The van der Waals surface area contributed by atoms with Gasteiger partial charge in [0.2, 0.25) is 0 Å². The fraction of sp³-hybridized carbons (Fsp3) is 0.211. The predicted molar refractivity (Wildman–Crippen MR) is 100.0 cm³/mol. The van der Waals surface area contributed by atoms with Crippen LogP contribution in [0, 0.1) is 0 Å². The average Bonchev–Trinajstić information content (AvgIpc) is 3.37. The number of anilines is 1. The van der Waals surface area contributed by atoms with Crippen LogP contribution in [0.4, 0.5) is 19.0 Å². The lowest BCUT2D eigenvalue weighted by Crippen LogP contribution is -2.30. The molecule has 0 saturated carbocycles. The Balaban J connectivity index is 1.87. The van der Waals surface area contributed by atoms with Gasteiger partial charge in [-0.2, -0.15) is 13.2 Å². The molecular weight excluding hydrogens is 409 g/mol. The number of benzene rings is 1. The number of hydrogen-bond acceptors (Lipinski definition) is 6. The number of halogens is 3. The molecule has 0 unspecified atom stereocenters. The van der Waals surface area contributed by atoms with Crippen LogP contribution in [0.15, 0.2) is 47.0 Å². The maximum absolute atomic E-state index is 12.9. The van der Waals surface area contributed by atoms with Crippen molar-refractivity contribution in [3.63, 3.8) is 0 Å². The Morgan fingerprint density at radius 1 is 1.17 bits per heavy atom. The highest BCUT2D eigenvalue weighted by atomic mass is 32.1. The number of esters is 1. The summed E-state index contributed by atoms with van der Waals surface area (Å²) < 4.78 is 48.5.